The average molecular weight is 385 g/mol. The molecular formula is C22H27NO5. The van der Waals surface area contributed by atoms with E-state index in [0.717, 1.165) is 11.1 Å². The summed E-state index contributed by atoms with van der Waals surface area (Å²) in [5.41, 5.74) is 1.65. The summed E-state index contributed by atoms with van der Waals surface area (Å²) in [5.74, 6) is 0.131. The van der Waals surface area contributed by atoms with E-state index in [9.17, 15) is 9.59 Å². The monoisotopic (exact) mass is 385 g/mol. The number of carbonyl (C=O) groups excluding carboxylic acids is 2. The van der Waals surface area contributed by atoms with Gasteiger partial charge in [-0.25, -0.2) is 0 Å². The average Bonchev–Trinajstić information content (AvgIpc) is 2.73. The van der Waals surface area contributed by atoms with Gasteiger partial charge < -0.3 is 19.5 Å². The van der Waals surface area contributed by atoms with Gasteiger partial charge in [0.1, 0.15) is 11.5 Å². The molecule has 6 nitrogen and oxygen atoms in total. The summed E-state index contributed by atoms with van der Waals surface area (Å²) in [6, 6.07) is 14.4. The topological polar surface area (TPSA) is 73.9 Å². The van der Waals surface area contributed by atoms with Crippen LogP contribution in [0, 0.1) is 0 Å². The van der Waals surface area contributed by atoms with Crippen molar-refractivity contribution in [1.82, 2.24) is 5.32 Å². The standard InChI is InChI=1S/C22H27NO5/c1-5-18(16-9-7-6-8-10-16)22(25)28-14-21(24)23-15(2)19-13-17(26-3)11-12-20(19)27-4/h6-13,15,18H,5,14H2,1-4H3,(H,23,24). The zero-order chi connectivity index (χ0) is 20.5. The second-order valence-corrected chi connectivity index (χ2v) is 6.38. The maximum Gasteiger partial charge on any atom is 0.313 e. The van der Waals surface area contributed by atoms with Crippen LogP contribution in [0.5, 0.6) is 11.5 Å². The minimum Gasteiger partial charge on any atom is -0.497 e. The number of ether oxygens (including phenoxy) is 3. The van der Waals surface area contributed by atoms with E-state index in [1.807, 2.05) is 44.2 Å². The van der Waals surface area contributed by atoms with Gasteiger partial charge >= 0.3 is 5.97 Å². The lowest BCUT2D eigenvalue weighted by molar-refractivity contribution is -0.150. The fourth-order valence-electron chi connectivity index (χ4n) is 3.00. The highest BCUT2D eigenvalue weighted by Gasteiger charge is 2.22. The lowest BCUT2D eigenvalue weighted by Gasteiger charge is -2.19. The molecule has 0 radical (unpaired) electrons. The van der Waals surface area contributed by atoms with Gasteiger partial charge in [0.15, 0.2) is 6.61 Å². The van der Waals surface area contributed by atoms with Crippen LogP contribution in [0.25, 0.3) is 0 Å². The Kier molecular flexibility index (Phi) is 7.87. The fourth-order valence-corrected chi connectivity index (χ4v) is 3.00. The third-order valence-corrected chi connectivity index (χ3v) is 4.52. The Morgan fingerprint density at radius 2 is 1.75 bits per heavy atom. The van der Waals surface area contributed by atoms with E-state index in [2.05, 4.69) is 5.32 Å². The molecule has 0 aliphatic rings. The van der Waals surface area contributed by atoms with Crippen molar-refractivity contribution in [3.8, 4) is 11.5 Å². The minimum absolute atomic E-state index is 0.335. The lowest BCUT2D eigenvalue weighted by Crippen LogP contribution is -2.32. The summed E-state index contributed by atoms with van der Waals surface area (Å²) in [6.45, 7) is 3.41. The maximum absolute atomic E-state index is 12.4. The largest absolute Gasteiger partial charge is 0.497 e. The predicted octanol–water partition coefficient (Wildman–Crippen LogP) is 3.62. The molecule has 0 saturated heterocycles. The Bertz CT molecular complexity index is 791. The van der Waals surface area contributed by atoms with E-state index in [-0.39, 0.29) is 24.5 Å². The van der Waals surface area contributed by atoms with Crippen LogP contribution in [-0.4, -0.2) is 32.7 Å². The van der Waals surface area contributed by atoms with E-state index in [4.69, 9.17) is 14.2 Å². The second kappa shape index (κ2) is 10.3. The molecule has 0 aromatic heterocycles. The number of hydrogen-bond acceptors (Lipinski definition) is 5. The van der Waals surface area contributed by atoms with Gasteiger partial charge in [0.25, 0.3) is 5.91 Å². The molecule has 28 heavy (non-hydrogen) atoms. The van der Waals surface area contributed by atoms with Crippen LogP contribution < -0.4 is 14.8 Å². The number of carbonyl (C=O) groups is 2. The summed E-state index contributed by atoms with van der Waals surface area (Å²) < 4.78 is 15.8. The number of hydrogen-bond donors (Lipinski definition) is 1. The third kappa shape index (κ3) is 5.49. The third-order valence-electron chi connectivity index (χ3n) is 4.52. The molecule has 0 heterocycles. The SMILES string of the molecule is CCC(C(=O)OCC(=O)NC(C)c1cc(OC)ccc1OC)c1ccccc1. The Morgan fingerprint density at radius 3 is 2.36 bits per heavy atom. The van der Waals surface area contributed by atoms with Gasteiger partial charge in [0.05, 0.1) is 26.2 Å². The molecule has 0 aliphatic heterocycles. The highest BCUT2D eigenvalue weighted by molar-refractivity contribution is 5.83. The van der Waals surface area contributed by atoms with Crippen LogP contribution in [0.2, 0.25) is 0 Å². The Morgan fingerprint density at radius 1 is 1.04 bits per heavy atom. The molecule has 2 aromatic rings. The summed E-state index contributed by atoms with van der Waals surface area (Å²) in [5, 5.41) is 2.82. The Labute approximate surface area is 165 Å². The first-order chi connectivity index (χ1) is 13.5. The van der Waals surface area contributed by atoms with Crippen LogP contribution in [0.4, 0.5) is 0 Å². The van der Waals surface area contributed by atoms with Crippen molar-refractivity contribution in [3.63, 3.8) is 0 Å². The van der Waals surface area contributed by atoms with Crippen LogP contribution in [0.1, 0.15) is 43.4 Å². The van der Waals surface area contributed by atoms with Gasteiger partial charge in [-0.3, -0.25) is 9.59 Å². The van der Waals surface area contributed by atoms with E-state index < -0.39 is 5.97 Å². The van der Waals surface area contributed by atoms with Crippen LogP contribution in [0.15, 0.2) is 48.5 Å². The number of rotatable bonds is 9. The van der Waals surface area contributed by atoms with Gasteiger partial charge in [-0.15, -0.1) is 0 Å². The van der Waals surface area contributed by atoms with Crippen molar-refractivity contribution in [1.29, 1.82) is 0 Å². The first kappa shape index (κ1) is 21.3. The minimum atomic E-state index is -0.407. The molecule has 2 atom stereocenters. The van der Waals surface area contributed by atoms with Crippen molar-refractivity contribution in [2.24, 2.45) is 0 Å². The van der Waals surface area contributed by atoms with Gasteiger partial charge in [0.2, 0.25) is 0 Å². The second-order valence-electron chi connectivity index (χ2n) is 6.38. The molecule has 1 amide bonds. The van der Waals surface area contributed by atoms with Gasteiger partial charge in [0, 0.05) is 5.56 Å². The van der Waals surface area contributed by atoms with Crippen LogP contribution >= 0.6 is 0 Å². The van der Waals surface area contributed by atoms with Crippen LogP contribution in [-0.2, 0) is 14.3 Å². The Balaban J connectivity index is 1.96. The summed E-state index contributed by atoms with van der Waals surface area (Å²) in [6.07, 6.45) is 0.599. The molecule has 150 valence electrons. The van der Waals surface area contributed by atoms with E-state index >= 15 is 0 Å². The lowest BCUT2D eigenvalue weighted by atomic mass is 9.97. The molecule has 0 saturated carbocycles. The molecule has 1 N–H and O–H groups in total. The highest BCUT2D eigenvalue weighted by Crippen LogP contribution is 2.29. The summed E-state index contributed by atoms with van der Waals surface area (Å²) in [7, 11) is 3.14. The number of amides is 1. The van der Waals surface area contributed by atoms with E-state index in [1.54, 1.807) is 32.4 Å². The molecule has 0 aliphatic carbocycles. The molecule has 0 fully saturated rings. The van der Waals surface area contributed by atoms with Crippen molar-refractivity contribution in [3.05, 3.63) is 59.7 Å². The van der Waals surface area contributed by atoms with Gasteiger partial charge in [-0.2, -0.15) is 0 Å². The smallest absolute Gasteiger partial charge is 0.313 e. The van der Waals surface area contributed by atoms with Gasteiger partial charge in [-0.1, -0.05) is 37.3 Å². The van der Waals surface area contributed by atoms with Crippen molar-refractivity contribution in [2.75, 3.05) is 20.8 Å². The van der Waals surface area contributed by atoms with Crippen molar-refractivity contribution < 1.29 is 23.8 Å². The Hall–Kier alpha value is -3.02. The predicted molar refractivity (Wildman–Crippen MR) is 107 cm³/mol. The van der Waals surface area contributed by atoms with Gasteiger partial charge in [-0.05, 0) is 37.1 Å². The van der Waals surface area contributed by atoms with E-state index in [1.165, 1.54) is 0 Å². The van der Waals surface area contributed by atoms with E-state index in [0.29, 0.717) is 17.9 Å². The van der Waals surface area contributed by atoms with Crippen molar-refractivity contribution >= 4 is 11.9 Å². The number of benzene rings is 2. The molecule has 2 rings (SSSR count). The molecule has 2 aromatic carbocycles. The van der Waals surface area contributed by atoms with Crippen molar-refractivity contribution in [2.45, 2.75) is 32.2 Å². The molecule has 0 bridgehead atoms. The number of nitrogens with one attached hydrogen (secondary N) is 1. The summed E-state index contributed by atoms with van der Waals surface area (Å²) in [4.78, 5) is 24.7. The quantitative estimate of drug-likeness (QED) is 0.668. The molecule has 2 unspecified atom stereocenters. The molecule has 0 spiro atoms. The highest BCUT2D eigenvalue weighted by atomic mass is 16.5. The number of esters is 1. The molecular weight excluding hydrogens is 358 g/mol. The zero-order valence-electron chi connectivity index (χ0n) is 16.7. The summed E-state index contributed by atoms with van der Waals surface area (Å²) >= 11 is 0. The van der Waals surface area contributed by atoms with Crippen LogP contribution in [0.3, 0.4) is 0 Å². The first-order valence-electron chi connectivity index (χ1n) is 9.23. The first-order valence-corrected chi connectivity index (χ1v) is 9.23. The zero-order valence-corrected chi connectivity index (χ0v) is 16.7. The maximum atomic E-state index is 12.4. The number of methoxy groups -OCH3 is 2. The fraction of sp³-hybridized carbons (Fsp3) is 0.364. The molecule has 6 heteroatoms. The normalized spacial score (nSPS) is 12.6.